The molecule has 678 valence electrons. The minimum absolute atomic E-state index is 0.00187. The second kappa shape index (κ2) is 36.9. The van der Waals surface area contributed by atoms with Gasteiger partial charge in [0.05, 0.1) is 110 Å². The summed E-state index contributed by atoms with van der Waals surface area (Å²) in [5.41, 5.74) is 4.69. The highest BCUT2D eigenvalue weighted by Gasteiger charge is 2.71. The number of hydrogen-bond donors (Lipinski definition) is 0. The smallest absolute Gasteiger partial charge is 0.192 e. The standard InChI is InChI=1S/C49H79BrO10SSi.C47H74O10Si/c1-12-31(60-62(10,11)48(7,8)9)22-38-30(6)35(26-50)40(55-38)24-39-29(5)27(3)20-32(53-39)14-16-36-28(4)21-34(52-36)18-19-49-25-41-44(58-49)45-46(57-41)47(59-49)43-37(56-45)17-15-33(54-43)23-42(51)61-13-2;1-11-30(57-58(9,10)46(6,7)8)22-37-28(5)34-21-29(48)20-32-13-15-36-41(51-32)45-44-43(53-36)42-40(54-44)24-47(55-42,56-45)17-16-33-19-26(3)35(49-33)14-12-31-18-25(2)27(4)38(50-31)23-39(34)52-37/h27,30-41,43-47H,4-5,12-26H2,1-3,6-11H3;25,28,30-45H,3-4,11-24H2,1-2,5-10H3/t27-,30-,31-,32+,33-,34+,35-,36?,37+,38-,39?,40+,41?,43+,44-,45?,46-,47+,49?;25-,28-,30-,31+,32-,33+,34-,35?,36+,37-,38?,39+,40?,41+,42-,43?,44-,45+,47?/m11/s1. The summed E-state index contributed by atoms with van der Waals surface area (Å²) in [4.78, 5) is 26.9. The van der Waals surface area contributed by atoms with Crippen LogP contribution in [0.15, 0.2) is 48.6 Å². The average molecular weight is 1800 g/mol. The summed E-state index contributed by atoms with van der Waals surface area (Å²) >= 11 is 5.25. The van der Waals surface area contributed by atoms with Crippen LogP contribution in [0, 0.1) is 35.5 Å². The Hall–Kier alpha value is -1.16. The Morgan fingerprint density at radius 3 is 1.77 bits per heavy atom. The monoisotopic (exact) mass is 1790 g/mol. The van der Waals surface area contributed by atoms with Crippen molar-refractivity contribution in [1.29, 1.82) is 0 Å². The van der Waals surface area contributed by atoms with Gasteiger partial charge in [-0.15, -0.1) is 0 Å². The van der Waals surface area contributed by atoms with E-state index in [0.717, 1.165) is 145 Å². The number of thioether (sulfide) groups is 1. The van der Waals surface area contributed by atoms with Crippen LogP contribution >= 0.6 is 27.7 Å². The van der Waals surface area contributed by atoms with E-state index in [1.807, 2.05) is 6.92 Å². The molecule has 0 aromatic heterocycles. The highest BCUT2D eigenvalue weighted by atomic mass is 79.9. The maximum absolute atomic E-state index is 14.3. The van der Waals surface area contributed by atoms with Gasteiger partial charge in [-0.05, 0) is 215 Å². The van der Waals surface area contributed by atoms with E-state index in [-0.39, 0.29) is 216 Å². The molecule has 19 aliphatic heterocycles. The fraction of sp³-hybridized carbons (Fsp3) is 0.896. The molecule has 0 aromatic rings. The highest BCUT2D eigenvalue weighted by Crippen LogP contribution is 2.58. The van der Waals surface area contributed by atoms with E-state index in [2.05, 4.69) is 152 Å². The second-order valence-electron chi connectivity index (χ2n) is 43.4. The first-order chi connectivity index (χ1) is 56.9. The Morgan fingerprint density at radius 1 is 0.508 bits per heavy atom. The molecule has 120 heavy (non-hydrogen) atoms. The van der Waals surface area contributed by atoms with Crippen LogP contribution < -0.4 is 0 Å². The summed E-state index contributed by atoms with van der Waals surface area (Å²) in [6.07, 6.45) is 19.4. The van der Waals surface area contributed by atoms with E-state index in [0.29, 0.717) is 68.6 Å². The Morgan fingerprint density at radius 2 is 1.09 bits per heavy atom. The number of Topliss-reactive ketones (excluding diaryl/α,β-unsaturated/α-hetero) is 1. The summed E-state index contributed by atoms with van der Waals surface area (Å²) in [6.45, 7) is 57.2. The van der Waals surface area contributed by atoms with Crippen LogP contribution in [-0.4, -0.2) is 233 Å². The van der Waals surface area contributed by atoms with Crippen molar-refractivity contribution >= 4 is 55.2 Å². The Kier molecular flexibility index (Phi) is 28.3. The molecule has 24 heteroatoms. The van der Waals surface area contributed by atoms with Crippen molar-refractivity contribution in [2.45, 2.75) is 494 Å². The van der Waals surface area contributed by atoms with Crippen LogP contribution in [0.3, 0.4) is 0 Å². The van der Waals surface area contributed by atoms with Gasteiger partial charge in [0.15, 0.2) is 33.3 Å². The van der Waals surface area contributed by atoms with Gasteiger partial charge in [-0.1, -0.05) is 144 Å². The molecule has 19 aliphatic rings. The number of ketones is 1. The maximum Gasteiger partial charge on any atom is 0.192 e. The molecular formula is C96H153BrO20SSi2. The van der Waals surface area contributed by atoms with E-state index >= 15 is 0 Å². The minimum atomic E-state index is -1.99. The Bertz CT molecular complexity index is 3630. The molecule has 38 atom stereocenters. The molecule has 0 aromatic carbocycles. The van der Waals surface area contributed by atoms with E-state index in [1.165, 1.54) is 28.5 Å². The van der Waals surface area contributed by atoms with E-state index in [4.69, 9.17) is 84.6 Å². The Labute approximate surface area is 734 Å². The first-order valence-corrected chi connectivity index (χ1v) is 55.7. The molecule has 1 spiro atoms. The summed E-state index contributed by atoms with van der Waals surface area (Å²) in [6, 6.07) is 0. The Balaban J connectivity index is 0.000000179. The first-order valence-electron chi connectivity index (χ1n) is 47.8. The number of carbonyl (C=O) groups is 2. The van der Waals surface area contributed by atoms with Gasteiger partial charge >= 0.3 is 0 Å². The first kappa shape index (κ1) is 92.1. The predicted molar refractivity (Wildman–Crippen MR) is 471 cm³/mol. The van der Waals surface area contributed by atoms with Gasteiger partial charge in [-0.25, -0.2) is 0 Å². The molecule has 19 fully saturated rings. The predicted octanol–water partition coefficient (Wildman–Crippen LogP) is 18.8. The number of ether oxygens (including phenoxy) is 16. The number of fused-ring (bicyclic) bond motifs is 7. The third-order valence-corrected chi connectivity index (χ3v) is 43.8. The van der Waals surface area contributed by atoms with Crippen molar-refractivity contribution < 1.29 is 94.2 Å². The van der Waals surface area contributed by atoms with Crippen molar-refractivity contribution in [3.63, 3.8) is 0 Å². The number of carbonyl (C=O) groups excluding carboxylic acids is 2. The lowest BCUT2D eigenvalue weighted by Gasteiger charge is -2.47. The van der Waals surface area contributed by atoms with Gasteiger partial charge in [0.25, 0.3) is 0 Å². The number of halogens is 1. The molecule has 10 unspecified atom stereocenters. The third kappa shape index (κ3) is 19.2. The van der Waals surface area contributed by atoms with Crippen molar-refractivity contribution in [2.75, 3.05) is 11.1 Å². The molecule has 0 aliphatic carbocycles. The van der Waals surface area contributed by atoms with E-state index < -0.39 is 28.2 Å². The van der Waals surface area contributed by atoms with Gasteiger partial charge in [-0.2, -0.15) is 0 Å². The fourth-order valence-corrected chi connectivity index (χ4v) is 28.4. The average Bonchev–Trinajstić information content (AvgIpc) is 1.55. The lowest BCUT2D eigenvalue weighted by Crippen LogP contribution is -2.61. The number of alkyl halides is 1. The zero-order valence-corrected chi connectivity index (χ0v) is 80.5. The van der Waals surface area contributed by atoms with Gasteiger partial charge in [-0.3, -0.25) is 9.59 Å². The van der Waals surface area contributed by atoms with Crippen LogP contribution in [0.25, 0.3) is 0 Å². The molecule has 0 radical (unpaired) electrons. The summed E-state index contributed by atoms with van der Waals surface area (Å²) in [7, 11) is -3.87. The van der Waals surface area contributed by atoms with Crippen molar-refractivity contribution in [3.8, 4) is 0 Å². The lowest BCUT2D eigenvalue weighted by molar-refractivity contribution is -0.292. The normalized spacial score (nSPS) is 46.6. The van der Waals surface area contributed by atoms with Crippen molar-refractivity contribution in [1.82, 2.24) is 0 Å². The quantitative estimate of drug-likeness (QED) is 0.0562. The largest absolute Gasteiger partial charge is 0.414 e. The van der Waals surface area contributed by atoms with E-state index in [1.54, 1.807) is 0 Å². The minimum Gasteiger partial charge on any atom is -0.414 e. The molecule has 0 N–H and O–H groups in total. The topological polar surface area (TPSA) is 200 Å². The molecular weight excluding hydrogens is 1640 g/mol. The molecule has 20 nitrogen and oxygen atoms in total. The third-order valence-electron chi connectivity index (χ3n) is 33.2. The SMILES string of the molecule is C=C1C[C@@H]2CCC34CC5O[C@@H]6C(O[C@H]7CC[C@H](CC(=O)C[C@@H]8[C@@H](C)[C@@H](C[C@@H](CC)O[Si](C)(C)C(C)(C)C)O[C@H]8CC8O[C@@H](CCC1O2)C[C@@H](C)C8=C)O[C@@H]7[C@@H]6O3)[C@@H]5O4.C=C1C[C@H](CCC23CC4O[C@@H]5C(O[C@H]6CC[C@H](CC(=O)SCC)O[C@@H]6[C@@H]5O2)[C@@H]4O3)OC1CC[C@H]1C[C@@H](C)C(=C)C(C[C@@H]2O[C@H](C[C@@H](CC)O[Si](C)(C)C(C)(C)C)[C@H](C)[C@H]2CBr)O1. The fourth-order valence-electron chi connectivity index (χ4n) is 23.9. The molecule has 0 amide bonds. The van der Waals surface area contributed by atoms with Crippen LogP contribution in [0.1, 0.15) is 263 Å². The number of hydrogen-bond acceptors (Lipinski definition) is 21. The van der Waals surface area contributed by atoms with Gasteiger partial charge in [0.2, 0.25) is 0 Å². The van der Waals surface area contributed by atoms with Crippen LogP contribution in [-0.2, 0) is 94.2 Å². The van der Waals surface area contributed by atoms with Crippen LogP contribution in [0.2, 0.25) is 36.3 Å². The zero-order valence-electron chi connectivity index (χ0n) is 76.1. The highest BCUT2D eigenvalue weighted by molar-refractivity contribution is 9.09. The van der Waals surface area contributed by atoms with Crippen molar-refractivity contribution in [2.24, 2.45) is 35.5 Å². The molecule has 19 heterocycles. The summed E-state index contributed by atoms with van der Waals surface area (Å²) in [5, 5.41) is 1.40. The van der Waals surface area contributed by atoms with Gasteiger partial charge < -0.3 is 84.6 Å². The van der Waals surface area contributed by atoms with Gasteiger partial charge in [0.1, 0.15) is 66.8 Å². The van der Waals surface area contributed by atoms with Crippen molar-refractivity contribution in [3.05, 3.63) is 48.6 Å². The van der Waals surface area contributed by atoms with Crippen LogP contribution in [0.4, 0.5) is 0 Å². The number of rotatable bonds is 22. The molecule has 19 saturated heterocycles. The molecule has 0 saturated carbocycles. The second-order valence-corrected chi connectivity index (χ2v) is 54.9. The zero-order chi connectivity index (χ0) is 85.2. The van der Waals surface area contributed by atoms with E-state index in [9.17, 15) is 9.59 Å². The van der Waals surface area contributed by atoms with Gasteiger partial charge in [0, 0.05) is 75.3 Å². The molecule has 18 bridgehead atoms. The molecule has 19 rings (SSSR count). The van der Waals surface area contributed by atoms with Crippen LogP contribution in [0.5, 0.6) is 0 Å². The summed E-state index contributed by atoms with van der Waals surface area (Å²) in [5.74, 6) is 1.32. The maximum atomic E-state index is 14.3. The lowest BCUT2D eigenvalue weighted by atomic mass is 9.78. The summed E-state index contributed by atoms with van der Waals surface area (Å²) < 4.78 is 123.